The number of nitrogens with one attached hydrogen (secondary N) is 2. The standard InChI is InChI=1S/C13H17N3O3/c1-18-13(17)12-6-9(7-15-12)19-8-16-11-5-3-2-4-10(11)14/h2-5,9,12,14-15H,6-8H2,1H3/t9-,12+/m1/s1. The molecule has 0 spiro atoms. The Morgan fingerprint density at radius 3 is 3.05 bits per heavy atom. The van der Waals surface area contributed by atoms with Crippen molar-refractivity contribution < 1.29 is 14.3 Å². The maximum atomic E-state index is 11.3. The Labute approximate surface area is 111 Å². The molecule has 1 aliphatic heterocycles. The molecule has 19 heavy (non-hydrogen) atoms. The molecule has 2 aliphatic rings. The number of hydrogen-bond acceptors (Lipinski definition) is 6. The predicted molar refractivity (Wildman–Crippen MR) is 71.6 cm³/mol. The lowest BCUT2D eigenvalue weighted by molar-refractivity contribution is -0.142. The van der Waals surface area contributed by atoms with Crippen molar-refractivity contribution in [3.63, 3.8) is 0 Å². The molecule has 1 heterocycles. The van der Waals surface area contributed by atoms with Crippen LogP contribution in [0, 0.1) is 5.41 Å². The molecule has 0 radical (unpaired) electrons. The van der Waals surface area contributed by atoms with E-state index in [1.165, 1.54) is 7.11 Å². The Morgan fingerprint density at radius 2 is 2.32 bits per heavy atom. The van der Waals surface area contributed by atoms with Gasteiger partial charge >= 0.3 is 5.97 Å². The van der Waals surface area contributed by atoms with E-state index < -0.39 is 0 Å². The van der Waals surface area contributed by atoms with Gasteiger partial charge in [-0.3, -0.25) is 15.2 Å². The fourth-order valence-electron chi connectivity index (χ4n) is 1.98. The van der Waals surface area contributed by atoms with E-state index in [0.29, 0.717) is 24.4 Å². The first-order valence-electron chi connectivity index (χ1n) is 6.11. The Hall–Kier alpha value is -1.79. The van der Waals surface area contributed by atoms with Gasteiger partial charge in [0.05, 0.1) is 24.6 Å². The lowest BCUT2D eigenvalue weighted by Crippen LogP contribution is -2.31. The number of aliphatic imine (C=N–C) groups is 1. The molecule has 0 bridgehead atoms. The van der Waals surface area contributed by atoms with Gasteiger partial charge in [-0.25, -0.2) is 0 Å². The number of allylic oxidation sites excluding steroid dienone is 4. The zero-order chi connectivity index (χ0) is 13.7. The van der Waals surface area contributed by atoms with E-state index in [-0.39, 0.29) is 24.8 Å². The fraction of sp³-hybridized carbons (Fsp3) is 0.462. The summed E-state index contributed by atoms with van der Waals surface area (Å²) < 4.78 is 10.2. The van der Waals surface area contributed by atoms with Crippen LogP contribution in [0.3, 0.4) is 0 Å². The Kier molecular flexibility index (Phi) is 4.59. The molecule has 6 nitrogen and oxygen atoms in total. The normalized spacial score (nSPS) is 28.1. The Bertz CT molecular complexity index is 454. The Balaban J connectivity index is 1.77. The number of ether oxygens (including phenoxy) is 2. The van der Waals surface area contributed by atoms with Crippen LogP contribution in [0.1, 0.15) is 6.42 Å². The van der Waals surface area contributed by atoms with Crippen molar-refractivity contribution in [1.29, 1.82) is 5.41 Å². The summed E-state index contributed by atoms with van der Waals surface area (Å²) in [5.41, 5.74) is 0.987. The maximum Gasteiger partial charge on any atom is 0.322 e. The van der Waals surface area contributed by atoms with E-state index in [9.17, 15) is 4.79 Å². The quantitative estimate of drug-likeness (QED) is 0.570. The van der Waals surface area contributed by atoms with Crippen LogP contribution >= 0.6 is 0 Å². The summed E-state index contributed by atoms with van der Waals surface area (Å²) in [5.74, 6) is -0.264. The molecule has 0 unspecified atom stereocenters. The van der Waals surface area contributed by atoms with Gasteiger partial charge in [-0.2, -0.15) is 0 Å². The molecule has 0 aromatic heterocycles. The van der Waals surface area contributed by atoms with Gasteiger partial charge in [0.1, 0.15) is 12.8 Å². The van der Waals surface area contributed by atoms with E-state index in [2.05, 4.69) is 15.0 Å². The monoisotopic (exact) mass is 263 g/mol. The van der Waals surface area contributed by atoms with Gasteiger partial charge in [0.2, 0.25) is 0 Å². The van der Waals surface area contributed by atoms with Gasteiger partial charge in [0, 0.05) is 13.0 Å². The molecule has 1 fully saturated rings. The molecule has 1 saturated heterocycles. The maximum absolute atomic E-state index is 11.3. The third-order valence-corrected chi connectivity index (χ3v) is 3.03. The predicted octanol–water partition coefficient (Wildman–Crippen LogP) is 0.451. The third kappa shape index (κ3) is 3.59. The average molecular weight is 263 g/mol. The van der Waals surface area contributed by atoms with Crippen LogP contribution in [0.15, 0.2) is 29.3 Å². The highest BCUT2D eigenvalue weighted by Gasteiger charge is 2.30. The van der Waals surface area contributed by atoms with E-state index in [1.54, 1.807) is 18.2 Å². The fourth-order valence-corrected chi connectivity index (χ4v) is 1.98. The molecule has 2 atom stereocenters. The van der Waals surface area contributed by atoms with Crippen molar-refractivity contribution in [2.45, 2.75) is 18.6 Å². The highest BCUT2D eigenvalue weighted by molar-refractivity contribution is 6.49. The van der Waals surface area contributed by atoms with Crippen molar-refractivity contribution >= 4 is 17.4 Å². The first-order chi connectivity index (χ1) is 9.20. The molecule has 2 N–H and O–H groups in total. The second-order valence-electron chi connectivity index (χ2n) is 4.31. The van der Waals surface area contributed by atoms with Crippen LogP contribution in [0.5, 0.6) is 0 Å². The van der Waals surface area contributed by atoms with Gasteiger partial charge < -0.3 is 14.8 Å². The molecule has 2 rings (SSSR count). The largest absolute Gasteiger partial charge is 0.468 e. The minimum absolute atomic E-state index is 0.0502. The minimum atomic E-state index is -0.293. The van der Waals surface area contributed by atoms with Crippen LogP contribution in [-0.2, 0) is 14.3 Å². The SMILES string of the molecule is COC(=O)[C@@H]1C[C@@H](OCN=C2C=CC=CC2=N)CN1. The van der Waals surface area contributed by atoms with Gasteiger partial charge in [-0.15, -0.1) is 0 Å². The summed E-state index contributed by atoms with van der Waals surface area (Å²) in [7, 11) is 1.37. The van der Waals surface area contributed by atoms with E-state index in [0.717, 1.165) is 0 Å². The van der Waals surface area contributed by atoms with Crippen LogP contribution in [0.2, 0.25) is 0 Å². The average Bonchev–Trinajstić information content (AvgIpc) is 2.89. The van der Waals surface area contributed by atoms with Gasteiger partial charge in [-0.1, -0.05) is 12.2 Å². The lowest BCUT2D eigenvalue weighted by atomic mass is 10.1. The topological polar surface area (TPSA) is 83.8 Å². The summed E-state index contributed by atoms with van der Waals surface area (Å²) in [6, 6.07) is -0.293. The molecule has 102 valence electrons. The molecular weight excluding hydrogens is 246 g/mol. The molecule has 0 saturated carbocycles. The van der Waals surface area contributed by atoms with Crippen molar-refractivity contribution in [2.24, 2.45) is 4.99 Å². The van der Waals surface area contributed by atoms with Crippen LogP contribution in [-0.4, -0.2) is 49.9 Å². The Morgan fingerprint density at radius 1 is 1.53 bits per heavy atom. The number of hydrogen-bond donors (Lipinski definition) is 2. The number of rotatable bonds is 4. The first-order valence-corrected chi connectivity index (χ1v) is 6.11. The minimum Gasteiger partial charge on any atom is -0.468 e. The number of methoxy groups -OCH3 is 1. The molecule has 0 amide bonds. The van der Waals surface area contributed by atoms with Gasteiger partial charge in [-0.05, 0) is 12.2 Å². The molecule has 6 heteroatoms. The number of carbonyl (C=O) groups is 1. The third-order valence-electron chi connectivity index (χ3n) is 3.03. The molecule has 0 aromatic carbocycles. The summed E-state index contributed by atoms with van der Waals surface area (Å²) in [6.45, 7) is 0.800. The first kappa shape index (κ1) is 13.6. The molecule has 0 aromatic rings. The molecule has 1 aliphatic carbocycles. The number of nitrogens with zero attached hydrogens (tertiary/aromatic N) is 1. The number of esters is 1. The lowest BCUT2D eigenvalue weighted by Gasteiger charge is -2.09. The summed E-state index contributed by atoms with van der Waals surface area (Å²) in [6.07, 6.45) is 7.63. The van der Waals surface area contributed by atoms with E-state index in [4.69, 9.17) is 10.1 Å². The zero-order valence-corrected chi connectivity index (χ0v) is 10.8. The second kappa shape index (κ2) is 6.40. The number of carbonyl (C=O) groups excluding carboxylic acids is 1. The van der Waals surface area contributed by atoms with Crippen molar-refractivity contribution in [3.05, 3.63) is 24.3 Å². The highest BCUT2D eigenvalue weighted by atomic mass is 16.5. The summed E-state index contributed by atoms with van der Waals surface area (Å²) in [4.78, 5) is 15.5. The van der Waals surface area contributed by atoms with Crippen molar-refractivity contribution in [3.8, 4) is 0 Å². The van der Waals surface area contributed by atoms with Crippen LogP contribution in [0.25, 0.3) is 0 Å². The summed E-state index contributed by atoms with van der Waals surface area (Å²) in [5, 5.41) is 10.7. The summed E-state index contributed by atoms with van der Waals surface area (Å²) >= 11 is 0. The van der Waals surface area contributed by atoms with Crippen molar-refractivity contribution in [2.75, 3.05) is 20.4 Å². The van der Waals surface area contributed by atoms with Crippen molar-refractivity contribution in [1.82, 2.24) is 5.32 Å². The van der Waals surface area contributed by atoms with Crippen LogP contribution < -0.4 is 5.32 Å². The van der Waals surface area contributed by atoms with E-state index in [1.807, 2.05) is 6.08 Å². The zero-order valence-electron chi connectivity index (χ0n) is 10.8. The highest BCUT2D eigenvalue weighted by Crippen LogP contribution is 2.11. The smallest absolute Gasteiger partial charge is 0.322 e. The van der Waals surface area contributed by atoms with Gasteiger partial charge in [0.15, 0.2) is 0 Å². The molecular formula is C13H17N3O3. The van der Waals surface area contributed by atoms with Gasteiger partial charge in [0.25, 0.3) is 0 Å². The van der Waals surface area contributed by atoms with E-state index >= 15 is 0 Å². The second-order valence-corrected chi connectivity index (χ2v) is 4.31. The van der Waals surface area contributed by atoms with Crippen LogP contribution in [0.4, 0.5) is 0 Å².